The summed E-state index contributed by atoms with van der Waals surface area (Å²) in [5, 5.41) is 17.8. The van der Waals surface area contributed by atoms with Crippen molar-refractivity contribution in [1.29, 1.82) is 0 Å². The van der Waals surface area contributed by atoms with E-state index in [0.717, 1.165) is 31.6 Å². The molecule has 2 aromatic rings. The van der Waals surface area contributed by atoms with Gasteiger partial charge in [0.05, 0.1) is 5.52 Å². The zero-order chi connectivity index (χ0) is 20.5. The van der Waals surface area contributed by atoms with Gasteiger partial charge >= 0.3 is 5.97 Å². The number of nitrogens with one attached hydrogen (secondary N) is 1. The van der Waals surface area contributed by atoms with E-state index >= 15 is 0 Å². The van der Waals surface area contributed by atoms with Gasteiger partial charge in [-0.3, -0.25) is 9.48 Å². The van der Waals surface area contributed by atoms with Gasteiger partial charge in [-0.1, -0.05) is 32.4 Å². The van der Waals surface area contributed by atoms with Crippen LogP contribution >= 0.6 is 11.6 Å². The maximum Gasteiger partial charge on any atom is 0.326 e. The lowest BCUT2D eigenvalue weighted by atomic mass is 9.86. The van der Waals surface area contributed by atoms with E-state index in [0.29, 0.717) is 22.9 Å². The Bertz CT molecular complexity index is 881. The number of carbonyl (C=O) groups excluding carboxylic acids is 1. The number of carboxylic acid groups (broad SMARTS) is 1. The molecule has 1 fully saturated rings. The molecule has 1 amide bonds. The number of rotatable bonds is 5. The molecule has 152 valence electrons. The lowest BCUT2D eigenvalue weighted by Crippen LogP contribution is -2.49. The second-order valence-electron chi connectivity index (χ2n) is 8.36. The highest BCUT2D eigenvalue weighted by molar-refractivity contribution is 6.31. The zero-order valence-corrected chi connectivity index (χ0v) is 17.1. The first-order valence-electron chi connectivity index (χ1n) is 9.44. The van der Waals surface area contributed by atoms with E-state index in [9.17, 15) is 14.7 Å². The van der Waals surface area contributed by atoms with Gasteiger partial charge in [0.1, 0.15) is 6.04 Å². The van der Waals surface area contributed by atoms with Gasteiger partial charge in [0.25, 0.3) is 5.91 Å². The Morgan fingerprint density at radius 3 is 2.64 bits per heavy atom. The minimum absolute atomic E-state index is 0.194. The fourth-order valence-corrected chi connectivity index (χ4v) is 3.65. The number of carboxylic acids is 1. The van der Waals surface area contributed by atoms with E-state index in [1.165, 1.54) is 0 Å². The highest BCUT2D eigenvalue weighted by atomic mass is 35.5. The minimum atomic E-state index is -1.08. The average molecular weight is 408 g/mol. The van der Waals surface area contributed by atoms with Crippen LogP contribution in [0.25, 0.3) is 10.9 Å². The fraction of sp³-hybridized carbons (Fsp3) is 0.550. The molecule has 3 rings (SSSR count). The number of fused-ring (bicyclic) bond motifs is 1. The molecule has 7 nitrogen and oxygen atoms in total. The number of nitrogens with zero attached hydrogens (tertiary/aromatic N) is 2. The number of hydrogen-bond donors (Lipinski definition) is 2. The van der Waals surface area contributed by atoms with Crippen LogP contribution in [0.4, 0.5) is 0 Å². The summed E-state index contributed by atoms with van der Waals surface area (Å²) in [6.45, 7) is 7.45. The Kier molecular flexibility index (Phi) is 5.95. The molecule has 0 saturated carbocycles. The normalized spacial score (nSPS) is 16.9. The van der Waals surface area contributed by atoms with Crippen molar-refractivity contribution in [2.75, 3.05) is 13.2 Å². The highest BCUT2D eigenvalue weighted by Gasteiger charge is 2.34. The van der Waals surface area contributed by atoms with Crippen LogP contribution in [0.5, 0.6) is 0 Å². The fourth-order valence-electron chi connectivity index (χ4n) is 3.48. The van der Waals surface area contributed by atoms with Crippen molar-refractivity contribution in [2.45, 2.75) is 46.2 Å². The molecule has 1 atom stereocenters. The number of carbonyl (C=O) groups is 2. The third-order valence-electron chi connectivity index (χ3n) is 5.09. The van der Waals surface area contributed by atoms with E-state index in [1.54, 1.807) is 32.9 Å². The summed E-state index contributed by atoms with van der Waals surface area (Å²) in [4.78, 5) is 24.5. The first kappa shape index (κ1) is 20.6. The van der Waals surface area contributed by atoms with Crippen molar-refractivity contribution < 1.29 is 19.4 Å². The largest absolute Gasteiger partial charge is 0.480 e. The Morgan fingerprint density at radius 1 is 1.36 bits per heavy atom. The van der Waals surface area contributed by atoms with Crippen LogP contribution in [0.15, 0.2) is 18.2 Å². The molecular weight excluding hydrogens is 382 g/mol. The van der Waals surface area contributed by atoms with Crippen LogP contribution < -0.4 is 5.32 Å². The van der Waals surface area contributed by atoms with E-state index in [-0.39, 0.29) is 5.69 Å². The second kappa shape index (κ2) is 8.09. The third-order valence-corrected chi connectivity index (χ3v) is 5.32. The van der Waals surface area contributed by atoms with Crippen molar-refractivity contribution in [3.63, 3.8) is 0 Å². The van der Waals surface area contributed by atoms with Gasteiger partial charge in [-0.25, -0.2) is 4.79 Å². The maximum atomic E-state index is 12.9. The average Bonchev–Trinajstić information content (AvgIpc) is 2.96. The van der Waals surface area contributed by atoms with Crippen molar-refractivity contribution in [2.24, 2.45) is 11.3 Å². The molecule has 0 unspecified atom stereocenters. The molecule has 1 aliphatic heterocycles. The van der Waals surface area contributed by atoms with Crippen LogP contribution in [0.1, 0.15) is 44.1 Å². The number of amides is 1. The SMILES string of the molecule is CC(C)(C)[C@H](NC(=O)c1nn(CC2CCOCC2)c2ccc(Cl)cc12)C(=O)O. The highest BCUT2D eigenvalue weighted by Crippen LogP contribution is 2.26. The molecule has 2 N–H and O–H groups in total. The first-order chi connectivity index (χ1) is 13.2. The monoisotopic (exact) mass is 407 g/mol. The number of aromatic nitrogens is 2. The summed E-state index contributed by atoms with van der Waals surface area (Å²) in [6, 6.07) is 4.28. The van der Waals surface area contributed by atoms with Gasteiger partial charge in [-0.05, 0) is 42.4 Å². The molecule has 0 spiro atoms. The Labute approximate surface area is 169 Å². The number of benzene rings is 1. The Balaban J connectivity index is 1.94. The van der Waals surface area contributed by atoms with Gasteiger partial charge in [-0.2, -0.15) is 5.10 Å². The van der Waals surface area contributed by atoms with Crippen LogP contribution in [-0.2, 0) is 16.1 Å². The van der Waals surface area contributed by atoms with Crippen molar-refractivity contribution in [1.82, 2.24) is 15.1 Å². The van der Waals surface area contributed by atoms with E-state index in [1.807, 2.05) is 10.7 Å². The Hall–Kier alpha value is -2.12. The molecule has 0 radical (unpaired) electrons. The standard InChI is InChI=1S/C20H26ClN3O4/c1-20(2,3)17(19(26)27)22-18(25)16-14-10-13(21)4-5-15(14)24(23-16)11-12-6-8-28-9-7-12/h4-5,10,12,17H,6-9,11H2,1-3H3,(H,22,25)(H,26,27)/t17-/m1/s1. The summed E-state index contributed by atoms with van der Waals surface area (Å²) >= 11 is 6.15. The summed E-state index contributed by atoms with van der Waals surface area (Å²) in [7, 11) is 0. The summed E-state index contributed by atoms with van der Waals surface area (Å²) in [5.41, 5.74) is 0.364. The van der Waals surface area contributed by atoms with Crippen LogP contribution in [0.2, 0.25) is 5.02 Å². The number of hydrogen-bond acceptors (Lipinski definition) is 4. The van der Waals surface area contributed by atoms with Crippen LogP contribution in [-0.4, -0.2) is 46.0 Å². The lowest BCUT2D eigenvalue weighted by Gasteiger charge is -2.27. The van der Waals surface area contributed by atoms with Crippen molar-refractivity contribution in [3.8, 4) is 0 Å². The molecule has 2 heterocycles. The van der Waals surface area contributed by atoms with Gasteiger partial charge in [0, 0.05) is 30.2 Å². The van der Waals surface area contributed by atoms with Crippen LogP contribution in [0, 0.1) is 11.3 Å². The molecule has 1 aromatic carbocycles. The zero-order valence-electron chi connectivity index (χ0n) is 16.4. The molecule has 1 aliphatic rings. The molecule has 8 heteroatoms. The molecule has 28 heavy (non-hydrogen) atoms. The van der Waals surface area contributed by atoms with E-state index < -0.39 is 23.3 Å². The predicted molar refractivity (Wildman–Crippen MR) is 107 cm³/mol. The summed E-state index contributed by atoms with van der Waals surface area (Å²) in [6.07, 6.45) is 1.89. The van der Waals surface area contributed by atoms with Gasteiger partial charge in [0.2, 0.25) is 0 Å². The molecule has 1 aromatic heterocycles. The quantitative estimate of drug-likeness (QED) is 0.792. The predicted octanol–water partition coefficient (Wildman–Crippen LogP) is 3.35. The number of aliphatic carboxylic acids is 1. The lowest BCUT2D eigenvalue weighted by molar-refractivity contribution is -0.142. The smallest absolute Gasteiger partial charge is 0.326 e. The third kappa shape index (κ3) is 4.47. The number of halogens is 1. The second-order valence-corrected chi connectivity index (χ2v) is 8.80. The van der Waals surface area contributed by atoms with Crippen molar-refractivity contribution in [3.05, 3.63) is 28.9 Å². The number of ether oxygens (including phenoxy) is 1. The maximum absolute atomic E-state index is 12.9. The first-order valence-corrected chi connectivity index (χ1v) is 9.82. The summed E-state index contributed by atoms with van der Waals surface area (Å²) in [5.74, 6) is -1.17. The molecule has 0 bridgehead atoms. The minimum Gasteiger partial charge on any atom is -0.480 e. The van der Waals surface area contributed by atoms with E-state index in [4.69, 9.17) is 16.3 Å². The summed E-state index contributed by atoms with van der Waals surface area (Å²) < 4.78 is 7.24. The molecular formula is C20H26ClN3O4. The van der Waals surface area contributed by atoms with Gasteiger partial charge < -0.3 is 15.2 Å². The van der Waals surface area contributed by atoms with Gasteiger partial charge in [0.15, 0.2) is 5.69 Å². The molecule has 1 saturated heterocycles. The van der Waals surface area contributed by atoms with Crippen molar-refractivity contribution >= 4 is 34.4 Å². The van der Waals surface area contributed by atoms with Crippen LogP contribution in [0.3, 0.4) is 0 Å². The van der Waals surface area contributed by atoms with E-state index in [2.05, 4.69) is 10.4 Å². The Morgan fingerprint density at radius 2 is 2.04 bits per heavy atom. The topological polar surface area (TPSA) is 93.5 Å². The van der Waals surface area contributed by atoms with Gasteiger partial charge in [-0.15, -0.1) is 0 Å². The molecule has 0 aliphatic carbocycles.